The van der Waals surface area contributed by atoms with Gasteiger partial charge in [-0.1, -0.05) is 84.1 Å². The molecule has 6 nitrogen and oxygen atoms in total. The van der Waals surface area contributed by atoms with Crippen molar-refractivity contribution in [3.63, 3.8) is 0 Å². The Labute approximate surface area is 218 Å². The average Bonchev–Trinajstić information content (AvgIpc) is 3.24. The molecule has 0 unspecified atom stereocenters. The van der Waals surface area contributed by atoms with Crippen molar-refractivity contribution < 1.29 is 14.3 Å². The van der Waals surface area contributed by atoms with E-state index in [-0.39, 0.29) is 12.2 Å². The molecule has 3 aromatic carbocycles. The summed E-state index contributed by atoms with van der Waals surface area (Å²) in [7, 11) is 1.63. The molecule has 1 aliphatic heterocycles. The van der Waals surface area contributed by atoms with Gasteiger partial charge in [-0.05, 0) is 42.7 Å². The minimum Gasteiger partial charge on any atom is -0.496 e. The molecule has 5 rings (SSSR count). The van der Waals surface area contributed by atoms with E-state index >= 15 is 0 Å². The van der Waals surface area contributed by atoms with Gasteiger partial charge in [-0.15, -0.1) is 0 Å². The quantitative estimate of drug-likeness (QED) is 0.364. The van der Waals surface area contributed by atoms with E-state index < -0.39 is 12.0 Å². The van der Waals surface area contributed by atoms with Crippen LogP contribution in [0.5, 0.6) is 5.75 Å². The molecule has 0 saturated carbocycles. The molecule has 37 heavy (non-hydrogen) atoms. The highest BCUT2D eigenvalue weighted by Crippen LogP contribution is 2.35. The molecule has 0 bridgehead atoms. The van der Waals surface area contributed by atoms with E-state index in [0.717, 1.165) is 28.0 Å². The first-order valence-electron chi connectivity index (χ1n) is 12.0. The normalized spacial score (nSPS) is 15.2. The lowest BCUT2D eigenvalue weighted by Gasteiger charge is -2.25. The van der Waals surface area contributed by atoms with Gasteiger partial charge in [0.05, 0.1) is 35.6 Å². The van der Waals surface area contributed by atoms with Crippen LogP contribution in [0.2, 0.25) is 0 Å². The monoisotopic (exact) mass is 510 g/mol. The first-order valence-corrected chi connectivity index (χ1v) is 12.8. The second-order valence-electron chi connectivity index (χ2n) is 8.57. The molecular formula is C30H26N2O4S. The van der Waals surface area contributed by atoms with Crippen LogP contribution in [0.15, 0.2) is 94.2 Å². The SMILES string of the molecule is CCOC(=O)C1=C(c2ccccc2)N=c2s/c(=C\c3ccc(C)c(OC)c3)c(=O)n2[C@H]1c1ccccc1. The maximum absolute atomic E-state index is 13.9. The standard InChI is InChI=1S/C30H26N2O4S/c1-4-36-29(34)25-26(21-11-7-5-8-12-21)31-30-32(27(25)22-13-9-6-10-14-22)28(33)24(37-30)18-20-16-15-19(2)23(17-20)35-3/h5-18,27H,4H2,1-3H3/b24-18-/t27-/m0/s1. The molecule has 2 heterocycles. The van der Waals surface area contributed by atoms with Crippen molar-refractivity contribution >= 4 is 29.1 Å². The summed E-state index contributed by atoms with van der Waals surface area (Å²) >= 11 is 1.30. The molecule has 0 N–H and O–H groups in total. The number of benzene rings is 3. The second-order valence-corrected chi connectivity index (χ2v) is 9.58. The predicted molar refractivity (Wildman–Crippen MR) is 145 cm³/mol. The summed E-state index contributed by atoms with van der Waals surface area (Å²) < 4.78 is 13.1. The molecule has 1 aliphatic rings. The molecule has 0 fully saturated rings. The Balaban J connectivity index is 1.81. The summed E-state index contributed by atoms with van der Waals surface area (Å²) in [6.45, 7) is 3.95. The molecule has 186 valence electrons. The summed E-state index contributed by atoms with van der Waals surface area (Å²) in [6.07, 6.45) is 1.84. The number of nitrogens with zero attached hydrogens (tertiary/aromatic N) is 2. The predicted octanol–water partition coefficient (Wildman–Crippen LogP) is 4.25. The van der Waals surface area contributed by atoms with Gasteiger partial charge in [-0.2, -0.15) is 0 Å². The molecule has 0 saturated heterocycles. The number of methoxy groups -OCH3 is 1. The molecule has 4 aromatic rings. The summed E-state index contributed by atoms with van der Waals surface area (Å²) in [4.78, 5) is 32.7. The molecule has 7 heteroatoms. The van der Waals surface area contributed by atoms with E-state index in [1.54, 1.807) is 18.6 Å². The number of carbonyl (C=O) groups is 1. The molecule has 1 aromatic heterocycles. The van der Waals surface area contributed by atoms with Crippen LogP contribution in [0, 0.1) is 6.92 Å². The van der Waals surface area contributed by atoms with Crippen molar-refractivity contribution in [3.8, 4) is 5.75 Å². The van der Waals surface area contributed by atoms with Crippen LogP contribution in [-0.4, -0.2) is 24.3 Å². The van der Waals surface area contributed by atoms with Gasteiger partial charge in [0.1, 0.15) is 5.75 Å². The Morgan fingerprint density at radius 1 is 1.05 bits per heavy atom. The van der Waals surface area contributed by atoms with E-state index in [1.165, 1.54) is 11.3 Å². The number of rotatable bonds is 6. The number of ether oxygens (including phenoxy) is 2. The van der Waals surface area contributed by atoms with Gasteiger partial charge in [-0.25, -0.2) is 9.79 Å². The fourth-order valence-electron chi connectivity index (χ4n) is 4.47. The number of hydrogen-bond donors (Lipinski definition) is 0. The van der Waals surface area contributed by atoms with Crippen molar-refractivity contribution in [1.29, 1.82) is 0 Å². The fraction of sp³-hybridized carbons (Fsp3) is 0.167. The van der Waals surface area contributed by atoms with Gasteiger partial charge in [0.15, 0.2) is 4.80 Å². The maximum Gasteiger partial charge on any atom is 0.338 e. The van der Waals surface area contributed by atoms with Gasteiger partial charge >= 0.3 is 5.97 Å². The number of aromatic nitrogens is 1. The molecule has 1 atom stereocenters. The first-order chi connectivity index (χ1) is 18.0. The van der Waals surface area contributed by atoms with Crippen molar-refractivity contribution in [2.75, 3.05) is 13.7 Å². The molecule has 0 amide bonds. The van der Waals surface area contributed by atoms with Crippen molar-refractivity contribution in [3.05, 3.63) is 126 Å². The average molecular weight is 511 g/mol. The third-order valence-corrected chi connectivity index (χ3v) is 7.20. The Bertz CT molecular complexity index is 1670. The number of esters is 1. The summed E-state index contributed by atoms with van der Waals surface area (Å²) in [6, 6.07) is 24.2. The van der Waals surface area contributed by atoms with E-state index in [2.05, 4.69) is 0 Å². The van der Waals surface area contributed by atoms with E-state index in [1.807, 2.05) is 91.9 Å². The Morgan fingerprint density at radius 3 is 2.43 bits per heavy atom. The van der Waals surface area contributed by atoms with Gasteiger partial charge in [-0.3, -0.25) is 9.36 Å². The first kappa shape index (κ1) is 24.5. The number of aryl methyl sites for hydroxylation is 1. The molecule has 0 radical (unpaired) electrons. The third kappa shape index (κ3) is 4.66. The van der Waals surface area contributed by atoms with Gasteiger partial charge in [0.25, 0.3) is 5.56 Å². The Hall–Kier alpha value is -4.23. The smallest absolute Gasteiger partial charge is 0.338 e. The van der Waals surface area contributed by atoms with Crippen molar-refractivity contribution in [1.82, 2.24) is 4.57 Å². The van der Waals surface area contributed by atoms with E-state index in [0.29, 0.717) is 20.6 Å². The minimum atomic E-state index is -0.679. The molecule has 0 aliphatic carbocycles. The van der Waals surface area contributed by atoms with Crippen LogP contribution in [0.3, 0.4) is 0 Å². The highest BCUT2D eigenvalue weighted by Gasteiger charge is 2.35. The van der Waals surface area contributed by atoms with Crippen LogP contribution in [0.25, 0.3) is 11.8 Å². The molecule has 0 spiro atoms. The molecular weight excluding hydrogens is 484 g/mol. The highest BCUT2D eigenvalue weighted by molar-refractivity contribution is 7.07. The van der Waals surface area contributed by atoms with Crippen molar-refractivity contribution in [2.45, 2.75) is 19.9 Å². The third-order valence-electron chi connectivity index (χ3n) is 6.22. The fourth-order valence-corrected chi connectivity index (χ4v) is 5.47. The van der Waals surface area contributed by atoms with Crippen LogP contribution in [0.4, 0.5) is 0 Å². The Kier molecular flexibility index (Phi) is 6.88. The van der Waals surface area contributed by atoms with Crippen molar-refractivity contribution in [2.24, 2.45) is 4.99 Å². The highest BCUT2D eigenvalue weighted by atomic mass is 32.1. The number of thiazole rings is 1. The zero-order chi connectivity index (χ0) is 25.9. The van der Waals surface area contributed by atoms with Gasteiger partial charge in [0.2, 0.25) is 0 Å². The lowest BCUT2D eigenvalue weighted by Crippen LogP contribution is -2.39. The van der Waals surface area contributed by atoms with Gasteiger partial charge < -0.3 is 9.47 Å². The summed E-state index contributed by atoms with van der Waals surface area (Å²) in [5, 5.41) is 0. The Morgan fingerprint density at radius 2 is 1.76 bits per heavy atom. The van der Waals surface area contributed by atoms with E-state index in [9.17, 15) is 9.59 Å². The number of fused-ring (bicyclic) bond motifs is 1. The van der Waals surface area contributed by atoms with Crippen LogP contribution >= 0.6 is 11.3 Å². The lowest BCUT2D eigenvalue weighted by atomic mass is 9.93. The summed E-state index contributed by atoms with van der Waals surface area (Å²) in [5.41, 5.74) is 4.08. The lowest BCUT2D eigenvalue weighted by molar-refractivity contribution is -0.138. The van der Waals surface area contributed by atoms with E-state index in [4.69, 9.17) is 14.5 Å². The number of carbonyl (C=O) groups excluding carboxylic acids is 1. The topological polar surface area (TPSA) is 69.9 Å². The van der Waals surface area contributed by atoms with Crippen LogP contribution in [-0.2, 0) is 9.53 Å². The maximum atomic E-state index is 13.9. The van der Waals surface area contributed by atoms with Crippen LogP contribution in [0.1, 0.15) is 35.2 Å². The zero-order valence-electron chi connectivity index (χ0n) is 20.8. The zero-order valence-corrected chi connectivity index (χ0v) is 21.6. The number of hydrogen-bond acceptors (Lipinski definition) is 6. The summed E-state index contributed by atoms with van der Waals surface area (Å²) in [5.74, 6) is 0.260. The largest absolute Gasteiger partial charge is 0.496 e. The van der Waals surface area contributed by atoms with Gasteiger partial charge in [0, 0.05) is 5.56 Å². The minimum absolute atomic E-state index is 0.214. The van der Waals surface area contributed by atoms with Crippen LogP contribution < -0.4 is 19.6 Å². The second kappa shape index (κ2) is 10.4.